The van der Waals surface area contributed by atoms with E-state index >= 15 is 0 Å². The Morgan fingerprint density at radius 1 is 1.14 bits per heavy atom. The number of β-amino-alcohol motifs (C(OH)–C–C–N with tert-alkyl or cyclic N) is 1. The van der Waals surface area contributed by atoms with E-state index in [4.69, 9.17) is 4.42 Å². The Labute approximate surface area is 167 Å². The molecule has 6 heteroatoms. The summed E-state index contributed by atoms with van der Waals surface area (Å²) >= 11 is 1.62. The van der Waals surface area contributed by atoms with E-state index in [-0.39, 0.29) is 30.2 Å². The molecule has 1 aliphatic rings. The van der Waals surface area contributed by atoms with Gasteiger partial charge in [-0.2, -0.15) is 0 Å². The summed E-state index contributed by atoms with van der Waals surface area (Å²) in [4.78, 5) is 29.1. The molecule has 1 amide bonds. The minimum atomic E-state index is -0.563. The van der Waals surface area contributed by atoms with Crippen LogP contribution in [0.15, 0.2) is 50.5 Å². The zero-order valence-electron chi connectivity index (χ0n) is 16.0. The summed E-state index contributed by atoms with van der Waals surface area (Å²) in [6, 6.07) is 11.0. The Balaban J connectivity index is 2.00. The number of rotatable bonds is 4. The minimum absolute atomic E-state index is 0.0786. The Morgan fingerprint density at radius 3 is 2.50 bits per heavy atom. The molecule has 0 fully saturated rings. The number of hydrogen-bond acceptors (Lipinski definition) is 5. The van der Waals surface area contributed by atoms with Crippen LogP contribution in [-0.4, -0.2) is 35.3 Å². The van der Waals surface area contributed by atoms with Crippen LogP contribution < -0.4 is 5.43 Å². The maximum atomic E-state index is 13.4. The monoisotopic (exact) mass is 395 g/mol. The van der Waals surface area contributed by atoms with Gasteiger partial charge in [-0.25, -0.2) is 0 Å². The second kappa shape index (κ2) is 7.11. The fourth-order valence-corrected chi connectivity index (χ4v) is 4.39. The lowest BCUT2D eigenvalue weighted by atomic mass is 9.97. The molecule has 1 atom stereocenters. The number of aryl methyl sites for hydroxylation is 2. The fourth-order valence-electron chi connectivity index (χ4n) is 3.98. The molecule has 3 aromatic rings. The lowest BCUT2D eigenvalue weighted by Crippen LogP contribution is -2.32. The van der Waals surface area contributed by atoms with Gasteiger partial charge in [-0.3, -0.25) is 9.59 Å². The lowest BCUT2D eigenvalue weighted by Gasteiger charge is -2.24. The Hall–Kier alpha value is -2.57. The average molecular weight is 395 g/mol. The fraction of sp³-hybridized carbons (Fsp3) is 0.273. The van der Waals surface area contributed by atoms with Gasteiger partial charge in [0, 0.05) is 11.4 Å². The Kier molecular flexibility index (Phi) is 4.77. The number of carbonyl (C=O) groups excluding carboxylic acids is 1. The summed E-state index contributed by atoms with van der Waals surface area (Å²) in [6.45, 7) is 3.75. The molecule has 0 saturated heterocycles. The molecule has 0 spiro atoms. The van der Waals surface area contributed by atoms with Crippen LogP contribution >= 0.6 is 11.8 Å². The van der Waals surface area contributed by atoms with E-state index in [9.17, 15) is 14.7 Å². The summed E-state index contributed by atoms with van der Waals surface area (Å²) in [6.07, 6.45) is 1.99. The van der Waals surface area contributed by atoms with Gasteiger partial charge in [0.05, 0.1) is 23.6 Å². The van der Waals surface area contributed by atoms with Gasteiger partial charge in [0.15, 0.2) is 5.43 Å². The minimum Gasteiger partial charge on any atom is -0.450 e. The molecule has 0 bridgehead atoms. The predicted molar refractivity (Wildman–Crippen MR) is 110 cm³/mol. The Morgan fingerprint density at radius 2 is 1.86 bits per heavy atom. The highest BCUT2D eigenvalue weighted by molar-refractivity contribution is 7.98. The number of fused-ring (bicyclic) bond motifs is 2. The largest absolute Gasteiger partial charge is 0.450 e. The second-order valence-corrected chi connectivity index (χ2v) is 7.91. The van der Waals surface area contributed by atoms with E-state index in [0.717, 1.165) is 21.6 Å². The van der Waals surface area contributed by atoms with Crippen LogP contribution in [0.2, 0.25) is 0 Å². The van der Waals surface area contributed by atoms with Crippen LogP contribution in [0.5, 0.6) is 0 Å². The summed E-state index contributed by atoms with van der Waals surface area (Å²) < 4.78 is 5.96. The molecule has 0 aliphatic carbocycles. The highest BCUT2D eigenvalue weighted by Gasteiger charge is 2.42. The molecule has 0 saturated carbocycles. The van der Waals surface area contributed by atoms with Crippen LogP contribution in [0.25, 0.3) is 11.0 Å². The van der Waals surface area contributed by atoms with Crippen molar-refractivity contribution in [1.82, 2.24) is 4.90 Å². The predicted octanol–water partition coefficient (Wildman–Crippen LogP) is 3.67. The van der Waals surface area contributed by atoms with E-state index in [1.807, 2.05) is 50.4 Å². The summed E-state index contributed by atoms with van der Waals surface area (Å²) in [5.74, 6) is -0.281. The quantitative estimate of drug-likeness (QED) is 0.683. The maximum Gasteiger partial charge on any atom is 0.290 e. The number of nitrogens with zero attached hydrogens (tertiary/aromatic N) is 1. The van der Waals surface area contributed by atoms with Gasteiger partial charge in [0.25, 0.3) is 5.91 Å². The number of carbonyl (C=O) groups is 1. The van der Waals surface area contributed by atoms with Crippen LogP contribution in [0.4, 0.5) is 0 Å². The van der Waals surface area contributed by atoms with Crippen LogP contribution in [0, 0.1) is 13.8 Å². The van der Waals surface area contributed by atoms with Crippen molar-refractivity contribution in [2.45, 2.75) is 24.8 Å². The van der Waals surface area contributed by atoms with Crippen molar-refractivity contribution in [3.63, 3.8) is 0 Å². The summed E-state index contributed by atoms with van der Waals surface area (Å²) in [7, 11) is 0. The van der Waals surface area contributed by atoms with Crippen molar-refractivity contribution in [2.75, 3.05) is 19.4 Å². The number of aliphatic hydroxyl groups excluding tert-OH is 1. The normalized spacial score (nSPS) is 16.1. The first-order chi connectivity index (χ1) is 13.5. The van der Waals surface area contributed by atoms with E-state index < -0.39 is 6.04 Å². The van der Waals surface area contributed by atoms with Gasteiger partial charge in [-0.1, -0.05) is 18.2 Å². The molecule has 1 aliphatic heterocycles. The number of benzene rings is 2. The molecular weight excluding hydrogens is 374 g/mol. The first kappa shape index (κ1) is 18.8. The van der Waals surface area contributed by atoms with Gasteiger partial charge in [-0.15, -0.1) is 11.8 Å². The van der Waals surface area contributed by atoms with Crippen molar-refractivity contribution in [2.24, 2.45) is 0 Å². The third-order valence-corrected chi connectivity index (χ3v) is 5.93. The van der Waals surface area contributed by atoms with Crippen molar-refractivity contribution in [3.05, 3.63) is 74.6 Å². The van der Waals surface area contributed by atoms with E-state index in [1.165, 1.54) is 4.90 Å². The smallest absolute Gasteiger partial charge is 0.290 e. The highest BCUT2D eigenvalue weighted by atomic mass is 32.2. The van der Waals surface area contributed by atoms with Crippen molar-refractivity contribution >= 4 is 28.6 Å². The van der Waals surface area contributed by atoms with Crippen LogP contribution in [0.3, 0.4) is 0 Å². The molecular formula is C22H21NO4S. The molecule has 2 heterocycles. The van der Waals surface area contributed by atoms with Gasteiger partial charge in [-0.05, 0) is 55.0 Å². The Bertz CT molecular complexity index is 1130. The van der Waals surface area contributed by atoms with Gasteiger partial charge in [0.2, 0.25) is 5.76 Å². The molecule has 1 aromatic heterocycles. The number of hydrogen-bond donors (Lipinski definition) is 1. The van der Waals surface area contributed by atoms with Crippen molar-refractivity contribution < 1.29 is 14.3 Å². The second-order valence-electron chi connectivity index (χ2n) is 7.03. The molecule has 1 N–H and O–H groups in total. The molecule has 28 heavy (non-hydrogen) atoms. The molecule has 144 valence electrons. The lowest BCUT2D eigenvalue weighted by molar-refractivity contribution is 0.0691. The number of amides is 1. The van der Waals surface area contributed by atoms with Crippen molar-refractivity contribution in [1.29, 1.82) is 0 Å². The molecule has 2 aromatic carbocycles. The first-order valence-electron chi connectivity index (χ1n) is 9.10. The number of aliphatic hydroxyl groups is 1. The van der Waals surface area contributed by atoms with E-state index in [2.05, 4.69) is 0 Å². The van der Waals surface area contributed by atoms with Crippen LogP contribution in [-0.2, 0) is 0 Å². The zero-order valence-corrected chi connectivity index (χ0v) is 16.8. The summed E-state index contributed by atoms with van der Waals surface area (Å²) in [5, 5.41) is 10.0. The van der Waals surface area contributed by atoms with Crippen molar-refractivity contribution in [3.8, 4) is 0 Å². The third kappa shape index (κ3) is 2.84. The van der Waals surface area contributed by atoms with E-state index in [0.29, 0.717) is 16.5 Å². The molecule has 0 radical (unpaired) electrons. The maximum absolute atomic E-state index is 13.4. The SMILES string of the molecule is CSc1ccc([C@@H]2c3c(oc4cc(C)cc(C)c4c3=O)C(=O)N2CCO)cc1. The van der Waals surface area contributed by atoms with Gasteiger partial charge >= 0.3 is 0 Å². The molecule has 4 rings (SSSR count). The topological polar surface area (TPSA) is 70.8 Å². The first-order valence-corrected chi connectivity index (χ1v) is 10.3. The summed E-state index contributed by atoms with van der Waals surface area (Å²) in [5.41, 5.74) is 3.23. The number of thioether (sulfide) groups is 1. The van der Waals surface area contributed by atoms with Gasteiger partial charge < -0.3 is 14.4 Å². The highest BCUT2D eigenvalue weighted by Crippen LogP contribution is 2.38. The van der Waals surface area contributed by atoms with Gasteiger partial charge in [0.1, 0.15) is 5.58 Å². The standard InChI is InChI=1S/C22H21NO4S/c1-12-10-13(2)17-16(11-12)27-21-18(20(17)25)19(23(8-9-24)22(21)26)14-4-6-15(28-3)7-5-14/h4-7,10-11,19,24H,8-9H2,1-3H3/t19-/m1/s1. The third-order valence-electron chi connectivity index (χ3n) is 5.18. The van der Waals surface area contributed by atoms with Crippen LogP contribution in [0.1, 0.15) is 38.9 Å². The van der Waals surface area contributed by atoms with E-state index in [1.54, 1.807) is 17.8 Å². The average Bonchev–Trinajstić information content (AvgIpc) is 2.94. The zero-order chi connectivity index (χ0) is 20.0. The molecule has 0 unspecified atom stereocenters. The molecule has 5 nitrogen and oxygen atoms in total.